The van der Waals surface area contributed by atoms with Crippen LogP contribution in [0.4, 0.5) is 11.4 Å². The Balaban J connectivity index is 1.92. The molecule has 0 atom stereocenters. The molecule has 0 heterocycles. The van der Waals surface area contributed by atoms with Gasteiger partial charge in [0.25, 0.3) is 0 Å². The van der Waals surface area contributed by atoms with Crippen molar-refractivity contribution >= 4 is 29.4 Å². The van der Waals surface area contributed by atoms with Crippen LogP contribution in [0.15, 0.2) is 47.6 Å². The van der Waals surface area contributed by atoms with Crippen LogP contribution in [0.1, 0.15) is 16.7 Å². The Hall–Kier alpha value is -3.15. The van der Waals surface area contributed by atoms with Gasteiger partial charge < -0.3 is 10.2 Å². The predicted octanol–water partition coefficient (Wildman–Crippen LogP) is 2.46. The van der Waals surface area contributed by atoms with Gasteiger partial charge in [-0.2, -0.15) is 5.10 Å². The first kappa shape index (κ1) is 18.2. The van der Waals surface area contributed by atoms with Crippen LogP contribution in [0.3, 0.4) is 0 Å². The van der Waals surface area contributed by atoms with E-state index in [2.05, 4.69) is 15.8 Å². The molecule has 0 saturated carbocycles. The molecular formula is C19H22N4O2. The topological polar surface area (TPSA) is 73.8 Å². The van der Waals surface area contributed by atoms with Gasteiger partial charge in [-0.1, -0.05) is 24.3 Å². The Morgan fingerprint density at radius 1 is 1.00 bits per heavy atom. The quantitative estimate of drug-likeness (QED) is 0.511. The fourth-order valence-corrected chi connectivity index (χ4v) is 2.12. The Morgan fingerprint density at radius 3 is 2.32 bits per heavy atom. The molecule has 0 radical (unpaired) electrons. The molecule has 25 heavy (non-hydrogen) atoms. The molecule has 2 aromatic carbocycles. The highest BCUT2D eigenvalue weighted by atomic mass is 16.2. The number of rotatable bonds is 4. The number of hydrogen-bond acceptors (Lipinski definition) is 4. The molecule has 0 saturated heterocycles. The number of carbonyl (C=O) groups is 2. The lowest BCUT2D eigenvalue weighted by Crippen LogP contribution is -2.32. The van der Waals surface area contributed by atoms with Crippen LogP contribution in [0.25, 0.3) is 0 Å². The number of hydrogen-bond donors (Lipinski definition) is 2. The van der Waals surface area contributed by atoms with Gasteiger partial charge >= 0.3 is 11.8 Å². The minimum atomic E-state index is -0.818. The third-order valence-corrected chi connectivity index (χ3v) is 3.64. The van der Waals surface area contributed by atoms with Crippen molar-refractivity contribution in [3.05, 3.63) is 59.2 Å². The monoisotopic (exact) mass is 338 g/mol. The Labute approximate surface area is 147 Å². The van der Waals surface area contributed by atoms with E-state index in [1.54, 1.807) is 0 Å². The van der Waals surface area contributed by atoms with Gasteiger partial charge in [0.05, 0.1) is 6.21 Å². The van der Waals surface area contributed by atoms with Crippen molar-refractivity contribution in [2.75, 3.05) is 24.3 Å². The van der Waals surface area contributed by atoms with Gasteiger partial charge in [0, 0.05) is 25.5 Å². The molecule has 0 aliphatic carbocycles. The molecule has 2 rings (SSSR count). The summed E-state index contributed by atoms with van der Waals surface area (Å²) in [6.07, 6.45) is 1.49. The number of carbonyl (C=O) groups excluding carboxylic acids is 2. The van der Waals surface area contributed by atoms with Gasteiger partial charge in [0.15, 0.2) is 0 Å². The van der Waals surface area contributed by atoms with Gasteiger partial charge in [-0.15, -0.1) is 0 Å². The predicted molar refractivity (Wildman–Crippen MR) is 101 cm³/mol. The SMILES string of the molecule is Cc1ccc(C)c(NC(=O)C(=O)N/N=C\c2ccc(N(C)C)cc2)c1. The lowest BCUT2D eigenvalue weighted by atomic mass is 10.1. The molecule has 0 aliphatic heterocycles. The van der Waals surface area contributed by atoms with Gasteiger partial charge in [0.2, 0.25) is 0 Å². The summed E-state index contributed by atoms with van der Waals surface area (Å²) >= 11 is 0. The molecule has 2 amide bonds. The molecule has 2 N–H and O–H groups in total. The molecule has 0 aromatic heterocycles. The maximum absolute atomic E-state index is 11.9. The van der Waals surface area contributed by atoms with Crippen LogP contribution in [0.2, 0.25) is 0 Å². The van der Waals surface area contributed by atoms with Gasteiger partial charge in [-0.3, -0.25) is 9.59 Å². The number of hydrazone groups is 1. The van der Waals surface area contributed by atoms with E-state index in [9.17, 15) is 9.59 Å². The highest BCUT2D eigenvalue weighted by Crippen LogP contribution is 2.16. The van der Waals surface area contributed by atoms with E-state index in [1.807, 2.05) is 75.3 Å². The van der Waals surface area contributed by atoms with Crippen molar-refractivity contribution in [2.45, 2.75) is 13.8 Å². The second-order valence-corrected chi connectivity index (χ2v) is 5.96. The summed E-state index contributed by atoms with van der Waals surface area (Å²) in [7, 11) is 3.91. The third-order valence-electron chi connectivity index (χ3n) is 3.64. The zero-order chi connectivity index (χ0) is 18.4. The van der Waals surface area contributed by atoms with E-state index >= 15 is 0 Å². The molecule has 6 nitrogen and oxygen atoms in total. The number of nitrogens with one attached hydrogen (secondary N) is 2. The maximum atomic E-state index is 11.9. The molecule has 0 aliphatic rings. The smallest absolute Gasteiger partial charge is 0.329 e. The Morgan fingerprint density at radius 2 is 1.68 bits per heavy atom. The van der Waals surface area contributed by atoms with E-state index in [-0.39, 0.29) is 0 Å². The molecule has 0 spiro atoms. The van der Waals surface area contributed by atoms with Crippen molar-refractivity contribution < 1.29 is 9.59 Å². The number of benzene rings is 2. The summed E-state index contributed by atoms with van der Waals surface area (Å²) in [6, 6.07) is 13.3. The van der Waals surface area contributed by atoms with Crippen LogP contribution >= 0.6 is 0 Å². The van der Waals surface area contributed by atoms with E-state index < -0.39 is 11.8 Å². The molecule has 0 unspecified atom stereocenters. The second kappa shape index (κ2) is 8.10. The largest absolute Gasteiger partial charge is 0.378 e. The number of anilines is 2. The van der Waals surface area contributed by atoms with Gasteiger partial charge in [-0.25, -0.2) is 5.43 Å². The minimum absolute atomic E-state index is 0.614. The summed E-state index contributed by atoms with van der Waals surface area (Å²) in [5.74, 6) is -1.57. The summed E-state index contributed by atoms with van der Waals surface area (Å²) in [6.45, 7) is 3.78. The fraction of sp³-hybridized carbons (Fsp3) is 0.211. The minimum Gasteiger partial charge on any atom is -0.378 e. The average Bonchev–Trinajstić information content (AvgIpc) is 2.58. The first-order valence-corrected chi connectivity index (χ1v) is 7.86. The molecule has 6 heteroatoms. The van der Waals surface area contributed by atoms with Crippen LogP contribution in [-0.4, -0.2) is 32.1 Å². The summed E-state index contributed by atoms with van der Waals surface area (Å²) < 4.78 is 0. The maximum Gasteiger partial charge on any atom is 0.329 e. The highest BCUT2D eigenvalue weighted by Gasteiger charge is 2.13. The van der Waals surface area contributed by atoms with Crippen LogP contribution in [-0.2, 0) is 9.59 Å². The summed E-state index contributed by atoms with van der Waals surface area (Å²) in [5.41, 5.74) is 6.61. The van der Waals surface area contributed by atoms with E-state index in [0.29, 0.717) is 5.69 Å². The lowest BCUT2D eigenvalue weighted by Gasteiger charge is -2.11. The summed E-state index contributed by atoms with van der Waals surface area (Å²) in [4.78, 5) is 25.8. The Kier molecular flexibility index (Phi) is 5.89. The molecular weight excluding hydrogens is 316 g/mol. The van der Waals surface area contributed by atoms with E-state index in [4.69, 9.17) is 0 Å². The zero-order valence-electron chi connectivity index (χ0n) is 14.8. The first-order chi connectivity index (χ1) is 11.9. The number of amides is 2. The van der Waals surface area contributed by atoms with Crippen molar-refractivity contribution in [1.29, 1.82) is 0 Å². The first-order valence-electron chi connectivity index (χ1n) is 7.86. The van der Waals surface area contributed by atoms with Crippen molar-refractivity contribution in [1.82, 2.24) is 5.43 Å². The fourth-order valence-electron chi connectivity index (χ4n) is 2.12. The third kappa shape index (κ3) is 5.17. The zero-order valence-corrected chi connectivity index (χ0v) is 14.8. The van der Waals surface area contributed by atoms with E-state index in [0.717, 1.165) is 22.4 Å². The van der Waals surface area contributed by atoms with Gasteiger partial charge in [-0.05, 0) is 48.7 Å². The normalized spacial score (nSPS) is 10.6. The van der Waals surface area contributed by atoms with Crippen molar-refractivity contribution in [3.63, 3.8) is 0 Å². The second-order valence-electron chi connectivity index (χ2n) is 5.96. The number of aryl methyl sites for hydroxylation is 2. The average molecular weight is 338 g/mol. The summed E-state index contributed by atoms with van der Waals surface area (Å²) in [5, 5.41) is 6.41. The van der Waals surface area contributed by atoms with Crippen LogP contribution < -0.4 is 15.6 Å². The molecule has 130 valence electrons. The molecule has 0 fully saturated rings. The standard InChI is InChI=1S/C19H22N4O2/c1-13-5-6-14(2)17(11-13)21-18(24)19(25)22-20-12-15-7-9-16(10-8-15)23(3)4/h5-12H,1-4H3,(H,21,24)(H,22,25)/b20-12-. The van der Waals surface area contributed by atoms with Crippen molar-refractivity contribution in [2.24, 2.45) is 5.10 Å². The molecule has 2 aromatic rings. The van der Waals surface area contributed by atoms with Crippen LogP contribution in [0.5, 0.6) is 0 Å². The molecule has 0 bridgehead atoms. The Bertz CT molecular complexity index is 796. The van der Waals surface area contributed by atoms with E-state index in [1.165, 1.54) is 6.21 Å². The lowest BCUT2D eigenvalue weighted by molar-refractivity contribution is -0.136. The van der Waals surface area contributed by atoms with Crippen LogP contribution in [0, 0.1) is 13.8 Å². The number of nitrogens with zero attached hydrogens (tertiary/aromatic N) is 2. The van der Waals surface area contributed by atoms with Gasteiger partial charge in [0.1, 0.15) is 0 Å². The highest BCUT2D eigenvalue weighted by molar-refractivity contribution is 6.39. The van der Waals surface area contributed by atoms with Crippen molar-refractivity contribution in [3.8, 4) is 0 Å².